The fourth-order valence-corrected chi connectivity index (χ4v) is 9.07. The first kappa shape index (κ1) is 44.5. The van der Waals surface area contributed by atoms with Crippen molar-refractivity contribution < 1.29 is 0 Å². The molecule has 6 rings (SSSR count). The van der Waals surface area contributed by atoms with Crippen molar-refractivity contribution in [2.45, 2.75) is 143 Å². The molecule has 314 valence electrons. The second-order valence-corrected chi connectivity index (χ2v) is 17.7. The van der Waals surface area contributed by atoms with Crippen molar-refractivity contribution in [2.75, 3.05) is 9.80 Å². The van der Waals surface area contributed by atoms with Gasteiger partial charge in [-0.3, -0.25) is 0 Å². The standard InChI is InChI=1S/C58H72N2/c1-9-15-17-45-19-31-51(32-20-45)59(55-39-27-49(28-40-55)57(7,13-5)43-11-3)53-35-23-47(24-36-53)48-25-37-54(38-26-48)60(52-33-21-46(22-34-52)18-16-10-2)56-41-29-50(30-42-56)58(8,14-6)44-12-4/h19-42H,9-18,43-44H2,1-8H3. The van der Waals surface area contributed by atoms with Crippen molar-refractivity contribution in [3.8, 4) is 11.1 Å². The van der Waals surface area contributed by atoms with Gasteiger partial charge in [0.05, 0.1) is 0 Å². The van der Waals surface area contributed by atoms with Crippen LogP contribution >= 0.6 is 0 Å². The first-order chi connectivity index (χ1) is 29.2. The number of unbranched alkanes of at least 4 members (excludes halogenated alkanes) is 2. The highest BCUT2D eigenvalue weighted by atomic mass is 15.1. The lowest BCUT2D eigenvalue weighted by Gasteiger charge is -2.30. The van der Waals surface area contributed by atoms with E-state index in [9.17, 15) is 0 Å². The van der Waals surface area contributed by atoms with Crippen LogP contribution in [-0.4, -0.2) is 0 Å². The minimum absolute atomic E-state index is 0.196. The molecule has 2 nitrogen and oxygen atoms in total. The Bertz CT molecular complexity index is 2000. The lowest BCUT2D eigenvalue weighted by Crippen LogP contribution is -2.20. The number of nitrogens with zero attached hydrogens (tertiary/aromatic N) is 2. The van der Waals surface area contributed by atoms with Crippen LogP contribution in [-0.2, 0) is 23.7 Å². The minimum atomic E-state index is 0.196. The second kappa shape index (κ2) is 20.9. The number of benzene rings is 6. The molecule has 2 atom stereocenters. The van der Waals surface area contributed by atoms with Crippen LogP contribution in [0.1, 0.15) is 142 Å². The molecule has 0 saturated carbocycles. The summed E-state index contributed by atoms with van der Waals surface area (Å²) < 4.78 is 0. The fraction of sp³-hybridized carbons (Fsp3) is 0.379. The lowest BCUT2D eigenvalue weighted by atomic mass is 9.76. The van der Waals surface area contributed by atoms with Crippen LogP contribution in [0.15, 0.2) is 146 Å². The van der Waals surface area contributed by atoms with E-state index in [2.05, 4.69) is 211 Å². The summed E-state index contributed by atoms with van der Waals surface area (Å²) in [4.78, 5) is 4.82. The van der Waals surface area contributed by atoms with E-state index >= 15 is 0 Å². The van der Waals surface area contributed by atoms with Crippen LogP contribution in [0.3, 0.4) is 0 Å². The van der Waals surface area contributed by atoms with E-state index in [0.717, 1.165) is 37.1 Å². The highest BCUT2D eigenvalue weighted by molar-refractivity contribution is 5.81. The highest BCUT2D eigenvalue weighted by Crippen LogP contribution is 2.41. The van der Waals surface area contributed by atoms with Crippen LogP contribution in [0.5, 0.6) is 0 Å². The van der Waals surface area contributed by atoms with Crippen LogP contribution in [0, 0.1) is 0 Å². The van der Waals surface area contributed by atoms with Gasteiger partial charge in [-0.1, -0.05) is 154 Å². The largest absolute Gasteiger partial charge is 0.311 e. The first-order valence-corrected chi connectivity index (χ1v) is 23.4. The van der Waals surface area contributed by atoms with E-state index < -0.39 is 0 Å². The van der Waals surface area contributed by atoms with Gasteiger partial charge in [0, 0.05) is 34.1 Å². The maximum Gasteiger partial charge on any atom is 0.0462 e. The number of hydrogen-bond acceptors (Lipinski definition) is 2. The van der Waals surface area contributed by atoms with Crippen LogP contribution in [0.4, 0.5) is 34.1 Å². The third-order valence-corrected chi connectivity index (χ3v) is 13.4. The van der Waals surface area contributed by atoms with Gasteiger partial charge in [-0.25, -0.2) is 0 Å². The predicted molar refractivity (Wildman–Crippen MR) is 264 cm³/mol. The topological polar surface area (TPSA) is 6.48 Å². The molecule has 0 aromatic heterocycles. The van der Waals surface area contributed by atoms with Crippen molar-refractivity contribution in [2.24, 2.45) is 0 Å². The fourth-order valence-electron chi connectivity index (χ4n) is 9.07. The van der Waals surface area contributed by atoms with Crippen molar-refractivity contribution in [1.29, 1.82) is 0 Å². The molecule has 0 heterocycles. The number of aryl methyl sites for hydroxylation is 2. The average molecular weight is 797 g/mol. The third kappa shape index (κ3) is 10.4. The third-order valence-electron chi connectivity index (χ3n) is 13.4. The van der Waals surface area contributed by atoms with Gasteiger partial charge in [0.2, 0.25) is 0 Å². The van der Waals surface area contributed by atoms with E-state index in [4.69, 9.17) is 0 Å². The Hall–Kier alpha value is -5.08. The van der Waals surface area contributed by atoms with Crippen molar-refractivity contribution >= 4 is 34.1 Å². The van der Waals surface area contributed by atoms with Gasteiger partial charge in [0.1, 0.15) is 0 Å². The minimum Gasteiger partial charge on any atom is -0.311 e. The average Bonchev–Trinajstić information content (AvgIpc) is 3.29. The summed E-state index contributed by atoms with van der Waals surface area (Å²) in [6.07, 6.45) is 14.2. The Kier molecular flexibility index (Phi) is 15.5. The molecular weight excluding hydrogens is 725 g/mol. The van der Waals surface area contributed by atoms with Gasteiger partial charge in [-0.05, 0) is 168 Å². The van der Waals surface area contributed by atoms with E-state index in [-0.39, 0.29) is 10.8 Å². The SMILES string of the molecule is CCCCc1ccc(N(c2ccc(-c3ccc(N(c4ccc(CCCC)cc4)c4ccc(C(C)(CC)CCC)cc4)cc3)cc2)c2ccc(C(C)(CC)CCC)cc2)cc1. The summed E-state index contributed by atoms with van der Waals surface area (Å²) in [6, 6.07) is 55.4. The van der Waals surface area contributed by atoms with Crippen LogP contribution < -0.4 is 9.80 Å². The van der Waals surface area contributed by atoms with Crippen molar-refractivity contribution in [3.63, 3.8) is 0 Å². The van der Waals surface area contributed by atoms with Gasteiger partial charge < -0.3 is 9.80 Å². The summed E-state index contributed by atoms with van der Waals surface area (Å²) in [7, 11) is 0. The zero-order valence-electron chi connectivity index (χ0n) is 38.2. The quantitative estimate of drug-likeness (QED) is 0.0716. The van der Waals surface area contributed by atoms with Crippen LogP contribution in [0.2, 0.25) is 0 Å². The summed E-state index contributed by atoms with van der Waals surface area (Å²) in [6.45, 7) is 18.6. The molecule has 60 heavy (non-hydrogen) atoms. The van der Waals surface area contributed by atoms with Crippen LogP contribution in [0.25, 0.3) is 11.1 Å². The molecule has 0 bridgehead atoms. The summed E-state index contributed by atoms with van der Waals surface area (Å²) in [5.41, 5.74) is 15.5. The van der Waals surface area contributed by atoms with E-state index in [1.54, 1.807) is 0 Å². The lowest BCUT2D eigenvalue weighted by molar-refractivity contribution is 0.414. The molecular formula is C58H72N2. The summed E-state index contributed by atoms with van der Waals surface area (Å²) in [5.74, 6) is 0. The Morgan fingerprint density at radius 3 is 0.850 bits per heavy atom. The molecule has 0 amide bonds. The van der Waals surface area contributed by atoms with E-state index in [0.29, 0.717) is 0 Å². The number of rotatable bonds is 21. The maximum atomic E-state index is 2.42. The molecule has 0 saturated heterocycles. The Balaban J connectivity index is 1.31. The molecule has 6 aromatic rings. The number of hydrogen-bond donors (Lipinski definition) is 0. The summed E-state index contributed by atoms with van der Waals surface area (Å²) >= 11 is 0. The molecule has 2 unspecified atom stereocenters. The molecule has 2 heteroatoms. The normalized spacial score (nSPS) is 13.4. The Morgan fingerprint density at radius 2 is 0.600 bits per heavy atom. The first-order valence-electron chi connectivity index (χ1n) is 23.4. The van der Waals surface area contributed by atoms with Crippen molar-refractivity contribution in [1.82, 2.24) is 0 Å². The molecule has 0 N–H and O–H groups in total. The van der Waals surface area contributed by atoms with Gasteiger partial charge in [-0.15, -0.1) is 0 Å². The Morgan fingerprint density at radius 1 is 0.333 bits per heavy atom. The highest BCUT2D eigenvalue weighted by Gasteiger charge is 2.25. The second-order valence-electron chi connectivity index (χ2n) is 17.7. The zero-order valence-corrected chi connectivity index (χ0v) is 38.2. The molecule has 0 spiro atoms. The molecule has 0 radical (unpaired) electrons. The zero-order chi connectivity index (χ0) is 42.5. The molecule has 0 fully saturated rings. The molecule has 0 aliphatic carbocycles. The predicted octanol–water partition coefficient (Wildman–Crippen LogP) is 17.9. The maximum absolute atomic E-state index is 2.42. The summed E-state index contributed by atoms with van der Waals surface area (Å²) in [5, 5.41) is 0. The van der Waals surface area contributed by atoms with Gasteiger partial charge in [0.15, 0.2) is 0 Å². The van der Waals surface area contributed by atoms with Gasteiger partial charge >= 0.3 is 0 Å². The monoisotopic (exact) mass is 797 g/mol. The van der Waals surface area contributed by atoms with E-state index in [1.165, 1.54) is 107 Å². The smallest absolute Gasteiger partial charge is 0.0462 e. The molecule has 0 aliphatic heterocycles. The van der Waals surface area contributed by atoms with Gasteiger partial charge in [0.25, 0.3) is 0 Å². The molecule has 6 aromatic carbocycles. The molecule has 0 aliphatic rings. The van der Waals surface area contributed by atoms with Crippen molar-refractivity contribution in [3.05, 3.63) is 168 Å². The number of anilines is 6. The van der Waals surface area contributed by atoms with Gasteiger partial charge in [-0.2, -0.15) is 0 Å². The Labute approximate surface area is 364 Å². The van der Waals surface area contributed by atoms with E-state index in [1.807, 2.05) is 0 Å².